The number of nitrogens with one attached hydrogen (secondary N) is 1. The molecular formula is C37H50N6O4. The number of para-hydroxylation sites is 1. The number of unbranched alkanes of at least 4 members (excludes halogenated alkanes) is 2. The number of piperidine rings is 1. The molecule has 0 radical (unpaired) electrons. The van der Waals surface area contributed by atoms with E-state index >= 15 is 0 Å². The number of carbonyl (C=O) groups excluding carboxylic acids is 3. The molecule has 47 heavy (non-hydrogen) atoms. The van der Waals surface area contributed by atoms with Gasteiger partial charge in [-0.15, -0.1) is 0 Å². The number of anilines is 2. The molecule has 0 spiro atoms. The molecule has 1 N–H and O–H groups in total. The van der Waals surface area contributed by atoms with E-state index in [1.165, 1.54) is 0 Å². The number of benzene rings is 2. The summed E-state index contributed by atoms with van der Waals surface area (Å²) >= 11 is 0. The van der Waals surface area contributed by atoms with Crippen molar-refractivity contribution in [3.8, 4) is 11.1 Å². The van der Waals surface area contributed by atoms with E-state index in [4.69, 9.17) is 4.74 Å². The Morgan fingerprint density at radius 1 is 0.872 bits per heavy atom. The first-order valence-electron chi connectivity index (χ1n) is 16.8. The number of pyridine rings is 1. The van der Waals surface area contributed by atoms with E-state index in [2.05, 4.69) is 20.1 Å². The predicted molar refractivity (Wildman–Crippen MR) is 188 cm³/mol. The molecule has 1 aromatic heterocycles. The number of aromatic nitrogens is 1. The first-order valence-corrected chi connectivity index (χ1v) is 16.8. The van der Waals surface area contributed by atoms with Gasteiger partial charge in [0.1, 0.15) is 11.8 Å². The zero-order valence-corrected chi connectivity index (χ0v) is 28.4. The summed E-state index contributed by atoms with van der Waals surface area (Å²) in [5, 5.41) is 2.93. The fourth-order valence-electron chi connectivity index (χ4n) is 5.62. The van der Waals surface area contributed by atoms with E-state index < -0.39 is 6.09 Å². The molecule has 252 valence electrons. The molecule has 0 unspecified atom stereocenters. The molecule has 10 nitrogen and oxygen atoms in total. The summed E-state index contributed by atoms with van der Waals surface area (Å²) in [5.74, 6) is 0.0970. The maximum Gasteiger partial charge on any atom is 0.411 e. The van der Waals surface area contributed by atoms with Gasteiger partial charge in [0.2, 0.25) is 5.91 Å². The normalized spacial score (nSPS) is 13.5. The molecule has 4 rings (SSSR count). The monoisotopic (exact) mass is 642 g/mol. The summed E-state index contributed by atoms with van der Waals surface area (Å²) in [6.45, 7) is 6.59. The van der Waals surface area contributed by atoms with Crippen LogP contribution in [0.1, 0.15) is 55.9 Å². The Hall–Kier alpha value is -4.44. The third-order valence-electron chi connectivity index (χ3n) is 8.85. The minimum absolute atomic E-state index is 0.0748. The van der Waals surface area contributed by atoms with Crippen LogP contribution in [0.15, 0.2) is 72.9 Å². The van der Waals surface area contributed by atoms with Crippen molar-refractivity contribution in [3.05, 3.63) is 78.6 Å². The predicted octanol–water partition coefficient (Wildman–Crippen LogP) is 6.01. The number of nitrogens with zero attached hydrogens (tertiary/aromatic N) is 5. The molecular weight excluding hydrogens is 592 g/mol. The van der Waals surface area contributed by atoms with Crippen LogP contribution in [0.5, 0.6) is 0 Å². The van der Waals surface area contributed by atoms with Crippen LogP contribution in [-0.2, 0) is 9.53 Å². The molecule has 0 saturated carbocycles. The summed E-state index contributed by atoms with van der Waals surface area (Å²) in [6.07, 6.45) is 6.08. The minimum Gasteiger partial charge on any atom is -0.446 e. The second-order valence-corrected chi connectivity index (χ2v) is 12.3. The minimum atomic E-state index is -0.428. The van der Waals surface area contributed by atoms with Gasteiger partial charge < -0.3 is 24.3 Å². The Bertz CT molecular complexity index is 1430. The SMILES string of the molecule is CCN(C)C(=O)c1ccc(N(C)CCCCCC(=O)N(C)CCN2CCC(OC(=O)Nc3ccccc3-c3ccccc3)CC2)cn1. The van der Waals surface area contributed by atoms with Crippen molar-refractivity contribution in [3.63, 3.8) is 0 Å². The molecule has 3 amide bonds. The average molecular weight is 643 g/mol. The molecule has 2 aromatic carbocycles. The fourth-order valence-corrected chi connectivity index (χ4v) is 5.62. The van der Waals surface area contributed by atoms with Gasteiger partial charge in [-0.25, -0.2) is 9.78 Å². The lowest BCUT2D eigenvalue weighted by Crippen LogP contribution is -2.42. The summed E-state index contributed by atoms with van der Waals surface area (Å²) in [7, 11) is 5.67. The summed E-state index contributed by atoms with van der Waals surface area (Å²) < 4.78 is 5.77. The van der Waals surface area contributed by atoms with Crippen molar-refractivity contribution in [2.75, 3.05) is 70.6 Å². The maximum atomic E-state index is 12.7. The Balaban J connectivity index is 1.07. The van der Waals surface area contributed by atoms with E-state index in [0.717, 1.165) is 80.8 Å². The van der Waals surface area contributed by atoms with Crippen molar-refractivity contribution in [2.24, 2.45) is 0 Å². The van der Waals surface area contributed by atoms with Crippen LogP contribution < -0.4 is 10.2 Å². The molecule has 1 aliphatic heterocycles. The number of ether oxygens (including phenoxy) is 1. The van der Waals surface area contributed by atoms with Crippen LogP contribution in [0.3, 0.4) is 0 Å². The second-order valence-electron chi connectivity index (χ2n) is 12.3. The number of amides is 3. The number of carbonyl (C=O) groups is 3. The lowest BCUT2D eigenvalue weighted by Gasteiger charge is -2.32. The van der Waals surface area contributed by atoms with E-state index in [0.29, 0.717) is 25.2 Å². The van der Waals surface area contributed by atoms with Gasteiger partial charge in [0.25, 0.3) is 5.91 Å². The van der Waals surface area contributed by atoms with Crippen molar-refractivity contribution >= 4 is 29.3 Å². The van der Waals surface area contributed by atoms with Crippen LogP contribution in [0, 0.1) is 0 Å². The van der Waals surface area contributed by atoms with E-state index in [1.807, 2.05) is 86.6 Å². The summed E-state index contributed by atoms with van der Waals surface area (Å²) in [4.78, 5) is 50.0. The molecule has 1 saturated heterocycles. The fraction of sp³-hybridized carbons (Fsp3) is 0.459. The average Bonchev–Trinajstić information content (AvgIpc) is 3.10. The first kappa shape index (κ1) is 35.4. The number of rotatable bonds is 15. The van der Waals surface area contributed by atoms with Crippen LogP contribution in [0.25, 0.3) is 11.1 Å². The first-order chi connectivity index (χ1) is 22.7. The lowest BCUT2D eigenvalue weighted by atomic mass is 10.0. The van der Waals surface area contributed by atoms with Gasteiger partial charge in [0.15, 0.2) is 0 Å². The molecule has 2 heterocycles. The largest absolute Gasteiger partial charge is 0.446 e. The van der Waals surface area contributed by atoms with Gasteiger partial charge in [-0.3, -0.25) is 14.9 Å². The van der Waals surface area contributed by atoms with Gasteiger partial charge >= 0.3 is 6.09 Å². The Labute approximate surface area is 279 Å². The molecule has 0 atom stereocenters. The van der Waals surface area contributed by atoms with E-state index in [9.17, 15) is 14.4 Å². The van der Waals surface area contributed by atoms with Gasteiger partial charge in [0.05, 0.1) is 17.6 Å². The van der Waals surface area contributed by atoms with Gasteiger partial charge in [-0.05, 0) is 56.4 Å². The quantitative estimate of drug-likeness (QED) is 0.203. The van der Waals surface area contributed by atoms with Crippen molar-refractivity contribution in [2.45, 2.75) is 51.6 Å². The van der Waals surface area contributed by atoms with Crippen molar-refractivity contribution < 1.29 is 19.1 Å². The van der Waals surface area contributed by atoms with E-state index in [-0.39, 0.29) is 17.9 Å². The summed E-state index contributed by atoms with van der Waals surface area (Å²) in [5.41, 5.74) is 4.15. The summed E-state index contributed by atoms with van der Waals surface area (Å²) in [6, 6.07) is 21.4. The number of hydrogen-bond donors (Lipinski definition) is 1. The number of likely N-dealkylation sites (N-methyl/N-ethyl adjacent to an activating group) is 1. The highest BCUT2D eigenvalue weighted by atomic mass is 16.6. The molecule has 0 aliphatic carbocycles. The van der Waals surface area contributed by atoms with Crippen molar-refractivity contribution in [1.82, 2.24) is 19.7 Å². The van der Waals surface area contributed by atoms with Crippen LogP contribution in [0.2, 0.25) is 0 Å². The Morgan fingerprint density at radius 2 is 1.60 bits per heavy atom. The third-order valence-corrected chi connectivity index (χ3v) is 8.85. The second kappa shape index (κ2) is 18.0. The van der Waals surface area contributed by atoms with Gasteiger partial charge in [0, 0.05) is 72.4 Å². The highest BCUT2D eigenvalue weighted by molar-refractivity contribution is 5.92. The Kier molecular flexibility index (Phi) is 13.6. The Morgan fingerprint density at radius 3 is 2.30 bits per heavy atom. The van der Waals surface area contributed by atoms with Crippen LogP contribution >= 0.6 is 0 Å². The molecule has 1 fully saturated rings. The number of likely N-dealkylation sites (tertiary alicyclic amines) is 1. The maximum absolute atomic E-state index is 12.7. The zero-order valence-electron chi connectivity index (χ0n) is 28.4. The highest BCUT2D eigenvalue weighted by Crippen LogP contribution is 2.28. The van der Waals surface area contributed by atoms with Crippen LogP contribution in [-0.4, -0.2) is 104 Å². The molecule has 1 aliphatic rings. The number of hydrogen-bond acceptors (Lipinski definition) is 7. The lowest BCUT2D eigenvalue weighted by molar-refractivity contribution is -0.130. The topological polar surface area (TPSA) is 98.3 Å². The molecule has 0 bridgehead atoms. The third kappa shape index (κ3) is 10.8. The smallest absolute Gasteiger partial charge is 0.411 e. The zero-order chi connectivity index (χ0) is 33.6. The van der Waals surface area contributed by atoms with Crippen molar-refractivity contribution in [1.29, 1.82) is 0 Å². The van der Waals surface area contributed by atoms with Gasteiger partial charge in [-0.2, -0.15) is 0 Å². The standard InChI is InChI=1S/C37H50N6O4/c1-5-40(2)36(45)34-20-19-30(28-38-34)41(3)23-13-7-10-18-35(44)42(4)26-27-43-24-21-31(22-25-43)47-37(46)39-33-17-12-11-16-32(33)29-14-8-6-9-15-29/h6,8-9,11-12,14-17,19-20,28,31H,5,7,10,13,18,21-27H2,1-4H3,(H,39,46). The highest BCUT2D eigenvalue weighted by Gasteiger charge is 2.23. The van der Waals surface area contributed by atoms with Crippen LogP contribution in [0.4, 0.5) is 16.2 Å². The van der Waals surface area contributed by atoms with E-state index in [1.54, 1.807) is 24.2 Å². The molecule has 10 heteroatoms. The van der Waals surface area contributed by atoms with Gasteiger partial charge in [-0.1, -0.05) is 55.0 Å². The molecule has 3 aromatic rings.